The average molecular weight is 257 g/mol. The van der Waals surface area contributed by atoms with Gasteiger partial charge in [0.05, 0.1) is 0 Å². The molecule has 0 saturated carbocycles. The molecular formula is C11H17ClN4O. The highest BCUT2D eigenvalue weighted by atomic mass is 35.5. The van der Waals surface area contributed by atoms with Crippen LogP contribution in [0.1, 0.15) is 27.7 Å². The number of amides is 1. The molecule has 0 aliphatic rings. The van der Waals surface area contributed by atoms with E-state index in [-0.39, 0.29) is 11.1 Å². The standard InChI is InChI=1S/C11H17ClN4O/c1-5-13-9-7(8(12)14-6-15-9)16-10(17)11(2,3)4/h6H,5H2,1-4H3,(H,16,17)(H,13,14,15). The van der Waals surface area contributed by atoms with E-state index in [4.69, 9.17) is 11.6 Å². The highest BCUT2D eigenvalue weighted by Gasteiger charge is 2.23. The van der Waals surface area contributed by atoms with Gasteiger partial charge in [0.2, 0.25) is 5.91 Å². The molecule has 0 spiro atoms. The SMILES string of the molecule is CCNc1ncnc(Cl)c1NC(=O)C(C)(C)C. The monoisotopic (exact) mass is 256 g/mol. The van der Waals surface area contributed by atoms with Gasteiger partial charge in [-0.25, -0.2) is 9.97 Å². The van der Waals surface area contributed by atoms with Gasteiger partial charge >= 0.3 is 0 Å². The van der Waals surface area contributed by atoms with Crippen LogP contribution in [0.25, 0.3) is 0 Å². The van der Waals surface area contributed by atoms with Gasteiger partial charge in [-0.2, -0.15) is 0 Å². The highest BCUT2D eigenvalue weighted by Crippen LogP contribution is 2.28. The molecule has 0 saturated heterocycles. The normalized spacial score (nSPS) is 11.1. The van der Waals surface area contributed by atoms with Crippen LogP contribution >= 0.6 is 11.6 Å². The first-order valence-electron chi connectivity index (χ1n) is 5.42. The van der Waals surface area contributed by atoms with Gasteiger partial charge in [0.15, 0.2) is 11.0 Å². The fourth-order valence-corrected chi connectivity index (χ4v) is 1.26. The summed E-state index contributed by atoms with van der Waals surface area (Å²) in [6.07, 6.45) is 1.35. The molecule has 1 heterocycles. The molecular weight excluding hydrogens is 240 g/mol. The molecule has 17 heavy (non-hydrogen) atoms. The molecule has 0 atom stereocenters. The predicted molar refractivity (Wildman–Crippen MR) is 69.3 cm³/mol. The van der Waals surface area contributed by atoms with Gasteiger partial charge in [-0.3, -0.25) is 4.79 Å². The lowest BCUT2D eigenvalue weighted by Crippen LogP contribution is -2.28. The number of halogens is 1. The summed E-state index contributed by atoms with van der Waals surface area (Å²) in [4.78, 5) is 19.8. The Hall–Kier alpha value is -1.36. The van der Waals surface area contributed by atoms with Crippen LogP contribution in [-0.4, -0.2) is 22.4 Å². The Balaban J connectivity index is 3.00. The number of carbonyl (C=O) groups is 1. The highest BCUT2D eigenvalue weighted by molar-refractivity contribution is 6.33. The summed E-state index contributed by atoms with van der Waals surface area (Å²) in [6, 6.07) is 0. The molecule has 1 aromatic rings. The lowest BCUT2D eigenvalue weighted by atomic mass is 9.95. The zero-order valence-corrected chi connectivity index (χ0v) is 11.2. The van der Waals surface area contributed by atoms with Crippen LogP contribution in [0.15, 0.2) is 6.33 Å². The van der Waals surface area contributed by atoms with E-state index in [1.165, 1.54) is 6.33 Å². The Morgan fingerprint density at radius 1 is 1.41 bits per heavy atom. The first-order valence-corrected chi connectivity index (χ1v) is 5.80. The largest absolute Gasteiger partial charge is 0.368 e. The van der Waals surface area contributed by atoms with Gasteiger partial charge in [0.25, 0.3) is 0 Å². The summed E-state index contributed by atoms with van der Waals surface area (Å²) in [5.41, 5.74) is -0.0706. The summed E-state index contributed by atoms with van der Waals surface area (Å²) in [7, 11) is 0. The fourth-order valence-electron chi connectivity index (χ4n) is 1.08. The Morgan fingerprint density at radius 3 is 2.59 bits per heavy atom. The van der Waals surface area contributed by atoms with Gasteiger partial charge < -0.3 is 10.6 Å². The topological polar surface area (TPSA) is 66.9 Å². The van der Waals surface area contributed by atoms with Gasteiger partial charge in [0.1, 0.15) is 12.0 Å². The Bertz CT molecular complexity index is 414. The molecule has 0 aliphatic carbocycles. The van der Waals surface area contributed by atoms with E-state index in [0.717, 1.165) is 0 Å². The summed E-state index contributed by atoms with van der Waals surface area (Å²) in [6.45, 7) is 8.10. The molecule has 0 bridgehead atoms. The quantitative estimate of drug-likeness (QED) is 0.816. The van der Waals surface area contributed by atoms with Crippen LogP contribution in [0, 0.1) is 5.41 Å². The van der Waals surface area contributed by atoms with Crippen molar-refractivity contribution in [3.05, 3.63) is 11.5 Å². The zero-order chi connectivity index (χ0) is 13.1. The van der Waals surface area contributed by atoms with Crippen LogP contribution < -0.4 is 10.6 Å². The van der Waals surface area contributed by atoms with Crippen molar-refractivity contribution in [2.75, 3.05) is 17.2 Å². The Morgan fingerprint density at radius 2 is 2.06 bits per heavy atom. The first-order chi connectivity index (χ1) is 7.86. The number of nitrogens with one attached hydrogen (secondary N) is 2. The van der Waals surface area contributed by atoms with E-state index in [0.29, 0.717) is 18.1 Å². The van der Waals surface area contributed by atoms with E-state index in [1.54, 1.807) is 0 Å². The molecule has 1 amide bonds. The van der Waals surface area contributed by atoms with Crippen molar-refractivity contribution >= 4 is 29.0 Å². The number of aromatic nitrogens is 2. The maximum Gasteiger partial charge on any atom is 0.229 e. The minimum Gasteiger partial charge on any atom is -0.368 e. The summed E-state index contributed by atoms with van der Waals surface area (Å²) >= 11 is 5.95. The Kier molecular flexibility index (Phi) is 4.28. The number of nitrogens with zero attached hydrogens (tertiary/aromatic N) is 2. The minimum absolute atomic E-state index is 0.131. The van der Waals surface area contributed by atoms with Crippen LogP contribution in [0.4, 0.5) is 11.5 Å². The van der Waals surface area contributed by atoms with Gasteiger partial charge in [-0.15, -0.1) is 0 Å². The third kappa shape index (κ3) is 3.56. The van der Waals surface area contributed by atoms with E-state index >= 15 is 0 Å². The van der Waals surface area contributed by atoms with E-state index in [1.807, 2.05) is 27.7 Å². The molecule has 0 fully saturated rings. The van der Waals surface area contributed by atoms with Crippen molar-refractivity contribution < 1.29 is 4.79 Å². The number of rotatable bonds is 3. The fraction of sp³-hybridized carbons (Fsp3) is 0.545. The van der Waals surface area contributed by atoms with Gasteiger partial charge in [0, 0.05) is 12.0 Å². The molecule has 6 heteroatoms. The second-order valence-electron chi connectivity index (χ2n) is 4.62. The Labute approximate surface area is 106 Å². The second kappa shape index (κ2) is 5.31. The molecule has 1 aromatic heterocycles. The molecule has 5 nitrogen and oxygen atoms in total. The van der Waals surface area contributed by atoms with Crippen molar-refractivity contribution in [3.63, 3.8) is 0 Å². The number of carbonyl (C=O) groups excluding carboxylic acids is 1. The van der Waals surface area contributed by atoms with Crippen LogP contribution in [-0.2, 0) is 4.79 Å². The molecule has 1 rings (SSSR count). The van der Waals surface area contributed by atoms with Crippen molar-refractivity contribution in [1.29, 1.82) is 0 Å². The minimum atomic E-state index is -0.497. The predicted octanol–water partition coefficient (Wildman–Crippen LogP) is 2.55. The maximum absolute atomic E-state index is 11.9. The average Bonchev–Trinajstić information content (AvgIpc) is 2.22. The third-order valence-corrected chi connectivity index (χ3v) is 2.35. The molecule has 0 radical (unpaired) electrons. The number of hydrogen-bond acceptors (Lipinski definition) is 4. The molecule has 0 aromatic carbocycles. The lowest BCUT2D eigenvalue weighted by molar-refractivity contribution is -0.123. The summed E-state index contributed by atoms with van der Waals surface area (Å²) in [5, 5.41) is 6.00. The van der Waals surface area contributed by atoms with Gasteiger partial charge in [-0.05, 0) is 6.92 Å². The van der Waals surface area contributed by atoms with E-state index < -0.39 is 5.41 Å². The number of anilines is 2. The van der Waals surface area contributed by atoms with Crippen LogP contribution in [0.2, 0.25) is 5.15 Å². The van der Waals surface area contributed by atoms with Crippen molar-refractivity contribution in [2.24, 2.45) is 5.41 Å². The van der Waals surface area contributed by atoms with Crippen molar-refractivity contribution in [1.82, 2.24) is 9.97 Å². The number of hydrogen-bond donors (Lipinski definition) is 2. The van der Waals surface area contributed by atoms with Crippen LogP contribution in [0.3, 0.4) is 0 Å². The second-order valence-corrected chi connectivity index (χ2v) is 4.98. The van der Waals surface area contributed by atoms with Crippen LogP contribution in [0.5, 0.6) is 0 Å². The lowest BCUT2D eigenvalue weighted by Gasteiger charge is -2.19. The smallest absolute Gasteiger partial charge is 0.229 e. The molecule has 94 valence electrons. The molecule has 0 aliphatic heterocycles. The molecule has 2 N–H and O–H groups in total. The summed E-state index contributed by atoms with van der Waals surface area (Å²) in [5.74, 6) is 0.401. The van der Waals surface area contributed by atoms with Crippen molar-refractivity contribution in [2.45, 2.75) is 27.7 Å². The van der Waals surface area contributed by atoms with Gasteiger partial charge in [-0.1, -0.05) is 32.4 Å². The van der Waals surface area contributed by atoms with E-state index in [2.05, 4.69) is 20.6 Å². The first kappa shape index (κ1) is 13.7. The zero-order valence-electron chi connectivity index (χ0n) is 10.5. The maximum atomic E-state index is 11.9. The third-order valence-electron chi connectivity index (χ3n) is 2.06. The molecule has 0 unspecified atom stereocenters. The van der Waals surface area contributed by atoms with E-state index in [9.17, 15) is 4.79 Å². The summed E-state index contributed by atoms with van der Waals surface area (Å²) < 4.78 is 0. The van der Waals surface area contributed by atoms with Crippen molar-refractivity contribution in [3.8, 4) is 0 Å².